The van der Waals surface area contributed by atoms with Gasteiger partial charge in [0.05, 0.1) is 33.8 Å². The summed E-state index contributed by atoms with van der Waals surface area (Å²) >= 11 is 8.14. The fraction of sp³-hybridized carbons (Fsp3) is 0.0870. The van der Waals surface area contributed by atoms with Gasteiger partial charge in [-0.2, -0.15) is 0 Å². The normalized spacial score (nSPS) is 12.2. The third-order valence-electron chi connectivity index (χ3n) is 4.75. The minimum absolute atomic E-state index is 0.0962. The van der Waals surface area contributed by atoms with Crippen LogP contribution in [0.2, 0.25) is 0 Å². The van der Waals surface area contributed by atoms with Crippen molar-refractivity contribution in [2.24, 2.45) is 0 Å². The third-order valence-corrected chi connectivity index (χ3v) is 7.15. The Hall–Kier alpha value is -2.94. The number of H-pyrrole nitrogens is 1. The molecular weight excluding hydrogens is 466 g/mol. The smallest absolute Gasteiger partial charge is 0.262 e. The third kappa shape index (κ3) is 4.77. The summed E-state index contributed by atoms with van der Waals surface area (Å²) < 4.78 is 33.6. The Kier molecular flexibility index (Phi) is 6.45. The van der Waals surface area contributed by atoms with Crippen LogP contribution >= 0.6 is 23.4 Å². The number of anilines is 1. The van der Waals surface area contributed by atoms with Crippen LogP contribution in [0.1, 0.15) is 11.4 Å². The van der Waals surface area contributed by atoms with Crippen molar-refractivity contribution in [3.8, 4) is 5.75 Å². The van der Waals surface area contributed by atoms with Gasteiger partial charge in [0.1, 0.15) is 11.6 Å². The first-order valence-corrected chi connectivity index (χ1v) is 12.7. The van der Waals surface area contributed by atoms with Crippen molar-refractivity contribution in [3.63, 3.8) is 0 Å². The minimum Gasteiger partial charge on any atom is -0.495 e. The predicted octanol–water partition coefficient (Wildman–Crippen LogP) is 5.83. The summed E-state index contributed by atoms with van der Waals surface area (Å²) in [6, 6.07) is 19.5. The maximum atomic E-state index is 12.9. The molecule has 0 aliphatic carbocycles. The number of imidazole rings is 1. The van der Waals surface area contributed by atoms with Crippen molar-refractivity contribution < 1.29 is 13.2 Å². The number of hydrogen-bond acceptors (Lipinski definition) is 5. The van der Waals surface area contributed by atoms with Crippen LogP contribution < -0.4 is 9.46 Å². The quantitative estimate of drug-likeness (QED) is 0.322. The van der Waals surface area contributed by atoms with Gasteiger partial charge in [0.25, 0.3) is 10.0 Å². The van der Waals surface area contributed by atoms with E-state index >= 15 is 0 Å². The number of benzene rings is 3. The summed E-state index contributed by atoms with van der Waals surface area (Å²) in [5.41, 5.74) is 2.48. The molecule has 2 N–H and O–H groups in total. The molecule has 4 aromatic rings. The van der Waals surface area contributed by atoms with Gasteiger partial charge < -0.3 is 9.72 Å². The van der Waals surface area contributed by atoms with E-state index in [2.05, 4.69) is 14.7 Å². The molecule has 0 bridgehead atoms. The largest absolute Gasteiger partial charge is 0.495 e. The highest BCUT2D eigenvalue weighted by Crippen LogP contribution is 2.28. The lowest BCUT2D eigenvalue weighted by Gasteiger charge is -2.11. The van der Waals surface area contributed by atoms with Gasteiger partial charge in [-0.25, -0.2) is 13.4 Å². The molecular formula is C23H20ClN3O3S2. The first-order valence-electron chi connectivity index (χ1n) is 9.57. The number of thioether (sulfide) groups is 1. The van der Waals surface area contributed by atoms with Crippen LogP contribution in [-0.4, -0.2) is 31.8 Å². The average molecular weight is 486 g/mol. The number of rotatable bonds is 7. The Balaban J connectivity index is 1.63. The van der Waals surface area contributed by atoms with E-state index < -0.39 is 10.0 Å². The molecule has 6 nitrogen and oxygen atoms in total. The van der Waals surface area contributed by atoms with E-state index in [4.69, 9.17) is 16.3 Å². The first kappa shape index (κ1) is 22.3. The Morgan fingerprint density at radius 3 is 2.59 bits per heavy atom. The number of aromatic amines is 1. The lowest BCUT2D eigenvalue weighted by molar-refractivity contribution is 0.417. The van der Waals surface area contributed by atoms with Crippen LogP contribution in [0, 0.1) is 0 Å². The molecule has 0 aliphatic heterocycles. The molecule has 0 saturated heterocycles. The van der Waals surface area contributed by atoms with Crippen LogP contribution in [0.5, 0.6) is 5.75 Å². The second-order valence-electron chi connectivity index (χ2n) is 6.84. The van der Waals surface area contributed by atoms with E-state index in [0.717, 1.165) is 10.5 Å². The average Bonchev–Trinajstić information content (AvgIpc) is 3.23. The number of halogens is 1. The molecule has 3 aromatic carbocycles. The number of methoxy groups -OCH3 is 1. The van der Waals surface area contributed by atoms with Crippen LogP contribution in [0.4, 0.5) is 5.69 Å². The van der Waals surface area contributed by atoms with E-state index in [1.807, 2.05) is 36.6 Å². The predicted molar refractivity (Wildman–Crippen MR) is 132 cm³/mol. The van der Waals surface area contributed by atoms with Crippen molar-refractivity contribution >= 4 is 61.2 Å². The summed E-state index contributed by atoms with van der Waals surface area (Å²) in [5, 5.41) is 0.426. The Bertz CT molecular complexity index is 1400. The van der Waals surface area contributed by atoms with Crippen LogP contribution in [-0.2, 0) is 10.0 Å². The minimum atomic E-state index is -3.83. The van der Waals surface area contributed by atoms with Gasteiger partial charge in [-0.05, 0) is 60.4 Å². The zero-order valence-corrected chi connectivity index (χ0v) is 19.7. The van der Waals surface area contributed by atoms with Crippen molar-refractivity contribution in [1.82, 2.24) is 9.97 Å². The zero-order chi connectivity index (χ0) is 22.7. The number of nitrogens with zero attached hydrogens (tertiary/aromatic N) is 1. The topological polar surface area (TPSA) is 84.1 Å². The molecule has 0 atom stereocenters. The molecule has 0 amide bonds. The van der Waals surface area contributed by atoms with Gasteiger partial charge in [0.2, 0.25) is 0 Å². The number of ether oxygens (including phenoxy) is 1. The monoisotopic (exact) mass is 485 g/mol. The van der Waals surface area contributed by atoms with Gasteiger partial charge in [-0.3, -0.25) is 4.72 Å². The fourth-order valence-electron chi connectivity index (χ4n) is 3.12. The van der Waals surface area contributed by atoms with E-state index in [0.29, 0.717) is 33.3 Å². The summed E-state index contributed by atoms with van der Waals surface area (Å²) in [6.07, 6.45) is 3.83. The fourth-order valence-corrected chi connectivity index (χ4v) is 4.84. The highest BCUT2D eigenvalue weighted by atomic mass is 35.5. The van der Waals surface area contributed by atoms with Crippen molar-refractivity contribution in [3.05, 3.63) is 78.1 Å². The van der Waals surface area contributed by atoms with E-state index in [1.54, 1.807) is 42.1 Å². The standard InChI is InChI=1S/C23H20ClN3O3S2/c1-30-22-6-4-3-5-20(22)27-32(28,29)17-11-12-19-21(14-17)26-23(25-19)18(24)13-15-7-9-16(31-2)10-8-15/h3-14,27H,1-2H3,(H,25,26). The Morgan fingerprint density at radius 1 is 1.12 bits per heavy atom. The van der Waals surface area contributed by atoms with Crippen molar-refractivity contribution in [2.75, 3.05) is 18.1 Å². The van der Waals surface area contributed by atoms with Crippen LogP contribution in [0.25, 0.3) is 22.1 Å². The highest BCUT2D eigenvalue weighted by Gasteiger charge is 2.18. The lowest BCUT2D eigenvalue weighted by atomic mass is 10.2. The molecule has 32 heavy (non-hydrogen) atoms. The number of para-hydroxylation sites is 2. The molecule has 0 radical (unpaired) electrons. The second-order valence-corrected chi connectivity index (χ2v) is 9.80. The molecule has 9 heteroatoms. The molecule has 0 spiro atoms. The molecule has 0 aliphatic rings. The Labute approximate surface area is 195 Å². The molecule has 1 aromatic heterocycles. The van der Waals surface area contributed by atoms with Gasteiger partial charge >= 0.3 is 0 Å². The summed E-state index contributed by atoms with van der Waals surface area (Å²) in [5.74, 6) is 0.895. The maximum Gasteiger partial charge on any atom is 0.262 e. The summed E-state index contributed by atoms with van der Waals surface area (Å²) in [6.45, 7) is 0. The van der Waals surface area contributed by atoms with E-state index in [-0.39, 0.29) is 4.90 Å². The van der Waals surface area contributed by atoms with Gasteiger partial charge in [-0.15, -0.1) is 11.8 Å². The maximum absolute atomic E-state index is 12.9. The van der Waals surface area contributed by atoms with Gasteiger partial charge in [0, 0.05) is 4.90 Å². The second kappa shape index (κ2) is 9.28. The van der Waals surface area contributed by atoms with E-state index in [1.165, 1.54) is 19.2 Å². The molecule has 4 rings (SSSR count). The van der Waals surface area contributed by atoms with E-state index in [9.17, 15) is 8.42 Å². The van der Waals surface area contributed by atoms with Gasteiger partial charge in [-0.1, -0.05) is 35.9 Å². The van der Waals surface area contributed by atoms with Crippen LogP contribution in [0.15, 0.2) is 76.5 Å². The summed E-state index contributed by atoms with van der Waals surface area (Å²) in [4.78, 5) is 8.85. The van der Waals surface area contributed by atoms with Crippen LogP contribution in [0.3, 0.4) is 0 Å². The SMILES string of the molecule is COc1ccccc1NS(=O)(=O)c1ccc2nc(C(Cl)=Cc3ccc(SC)cc3)[nH]c2c1. The number of fused-ring (bicyclic) bond motifs is 1. The lowest BCUT2D eigenvalue weighted by Crippen LogP contribution is -2.13. The Morgan fingerprint density at radius 2 is 1.88 bits per heavy atom. The number of hydrogen-bond donors (Lipinski definition) is 2. The van der Waals surface area contributed by atoms with Crippen molar-refractivity contribution in [2.45, 2.75) is 9.79 Å². The molecule has 0 fully saturated rings. The first-order chi connectivity index (χ1) is 15.4. The zero-order valence-electron chi connectivity index (χ0n) is 17.3. The molecule has 1 heterocycles. The molecule has 0 saturated carbocycles. The molecule has 164 valence electrons. The molecule has 0 unspecified atom stereocenters. The number of sulfonamides is 1. The number of aromatic nitrogens is 2. The highest BCUT2D eigenvalue weighted by molar-refractivity contribution is 7.98. The summed E-state index contributed by atoms with van der Waals surface area (Å²) in [7, 11) is -2.35. The number of nitrogens with one attached hydrogen (secondary N) is 2. The van der Waals surface area contributed by atoms with Gasteiger partial charge in [0.15, 0.2) is 0 Å². The van der Waals surface area contributed by atoms with Crippen molar-refractivity contribution in [1.29, 1.82) is 0 Å².